The van der Waals surface area contributed by atoms with E-state index in [4.69, 9.17) is 10.5 Å². The van der Waals surface area contributed by atoms with Gasteiger partial charge in [0, 0.05) is 17.7 Å². The van der Waals surface area contributed by atoms with Crippen LogP contribution in [0.2, 0.25) is 0 Å². The topological polar surface area (TPSA) is 52.3 Å². The van der Waals surface area contributed by atoms with Crippen molar-refractivity contribution < 1.29 is 13.9 Å². The molecule has 0 bridgehead atoms. The van der Waals surface area contributed by atoms with Crippen LogP contribution in [0, 0.1) is 5.82 Å². The summed E-state index contributed by atoms with van der Waals surface area (Å²) < 4.78 is 18.4. The van der Waals surface area contributed by atoms with E-state index in [2.05, 4.69) is 0 Å². The number of hydrogen-bond acceptors (Lipinski definition) is 3. The van der Waals surface area contributed by atoms with Crippen LogP contribution in [-0.2, 0) is 6.42 Å². The average molecular weight is 259 g/mol. The van der Waals surface area contributed by atoms with Crippen LogP contribution < -0.4 is 10.5 Å². The summed E-state index contributed by atoms with van der Waals surface area (Å²) in [6.07, 6.45) is 0.106. The summed E-state index contributed by atoms with van der Waals surface area (Å²) in [4.78, 5) is 12.1. The summed E-state index contributed by atoms with van der Waals surface area (Å²) in [5.74, 6) is -0.452. The predicted octanol–water partition coefficient (Wildman–Crippen LogP) is 2.84. The first-order chi connectivity index (χ1) is 9.11. The second-order valence-electron chi connectivity index (χ2n) is 4.16. The van der Waals surface area contributed by atoms with Gasteiger partial charge in [0.05, 0.1) is 7.11 Å². The van der Waals surface area contributed by atoms with Crippen molar-refractivity contribution in [3.63, 3.8) is 0 Å². The van der Waals surface area contributed by atoms with Gasteiger partial charge in [-0.2, -0.15) is 0 Å². The molecule has 0 aromatic heterocycles. The van der Waals surface area contributed by atoms with Gasteiger partial charge in [0.2, 0.25) is 0 Å². The highest BCUT2D eigenvalue weighted by Gasteiger charge is 2.11. The zero-order valence-corrected chi connectivity index (χ0v) is 10.5. The maximum absolute atomic E-state index is 13.5. The Morgan fingerprint density at radius 3 is 2.63 bits per heavy atom. The molecule has 2 aromatic rings. The molecule has 0 aliphatic carbocycles. The number of halogens is 1. The third-order valence-electron chi connectivity index (χ3n) is 2.84. The van der Waals surface area contributed by atoms with Gasteiger partial charge in [0.25, 0.3) is 0 Å². The van der Waals surface area contributed by atoms with E-state index < -0.39 is 5.82 Å². The SMILES string of the molecule is COc1ccc(CC(=O)c2ccccc2N)cc1F. The summed E-state index contributed by atoms with van der Waals surface area (Å²) >= 11 is 0. The van der Waals surface area contributed by atoms with Crippen LogP contribution in [0.25, 0.3) is 0 Å². The smallest absolute Gasteiger partial charge is 0.169 e. The molecule has 4 heteroatoms. The molecule has 0 radical (unpaired) electrons. The van der Waals surface area contributed by atoms with Crippen molar-refractivity contribution in [3.8, 4) is 5.75 Å². The Balaban J connectivity index is 2.20. The van der Waals surface area contributed by atoms with Crippen molar-refractivity contribution in [1.82, 2.24) is 0 Å². The number of ketones is 1. The molecule has 0 amide bonds. The third-order valence-corrected chi connectivity index (χ3v) is 2.84. The fraction of sp³-hybridized carbons (Fsp3) is 0.133. The lowest BCUT2D eigenvalue weighted by atomic mass is 10.0. The lowest BCUT2D eigenvalue weighted by molar-refractivity contribution is 0.0994. The van der Waals surface area contributed by atoms with Crippen LogP contribution in [0.1, 0.15) is 15.9 Å². The van der Waals surface area contributed by atoms with Crippen LogP contribution in [0.5, 0.6) is 5.75 Å². The van der Waals surface area contributed by atoms with E-state index in [-0.39, 0.29) is 18.0 Å². The molecule has 0 aliphatic rings. The number of methoxy groups -OCH3 is 1. The number of Topliss-reactive ketones (excluding diaryl/α,β-unsaturated/α-hetero) is 1. The van der Waals surface area contributed by atoms with Crippen LogP contribution >= 0.6 is 0 Å². The molecule has 19 heavy (non-hydrogen) atoms. The Morgan fingerprint density at radius 2 is 2.00 bits per heavy atom. The Bertz CT molecular complexity index is 611. The van der Waals surface area contributed by atoms with E-state index in [1.54, 1.807) is 30.3 Å². The number of hydrogen-bond donors (Lipinski definition) is 1. The zero-order chi connectivity index (χ0) is 13.8. The average Bonchev–Trinajstić information content (AvgIpc) is 2.39. The largest absolute Gasteiger partial charge is 0.494 e. The van der Waals surface area contributed by atoms with Gasteiger partial charge in [-0.15, -0.1) is 0 Å². The standard InChI is InChI=1S/C15H14FNO2/c1-19-15-7-6-10(8-12(15)16)9-14(18)11-4-2-3-5-13(11)17/h2-8H,9,17H2,1H3. The van der Waals surface area contributed by atoms with Gasteiger partial charge in [0.1, 0.15) is 0 Å². The molecule has 2 aromatic carbocycles. The van der Waals surface area contributed by atoms with E-state index in [9.17, 15) is 9.18 Å². The Labute approximate surface area is 110 Å². The number of para-hydroxylation sites is 1. The first-order valence-electron chi connectivity index (χ1n) is 5.82. The highest BCUT2D eigenvalue weighted by atomic mass is 19.1. The van der Waals surface area contributed by atoms with Gasteiger partial charge >= 0.3 is 0 Å². The predicted molar refractivity (Wildman–Crippen MR) is 71.8 cm³/mol. The number of carbonyl (C=O) groups is 1. The Morgan fingerprint density at radius 1 is 1.26 bits per heavy atom. The third kappa shape index (κ3) is 2.91. The molecule has 2 rings (SSSR count). The van der Waals surface area contributed by atoms with Crippen LogP contribution in [0.15, 0.2) is 42.5 Å². The maximum Gasteiger partial charge on any atom is 0.169 e. The molecule has 3 nitrogen and oxygen atoms in total. The Kier molecular flexibility index (Phi) is 3.80. The summed E-state index contributed by atoms with van der Waals surface area (Å²) in [6, 6.07) is 11.3. The molecule has 0 unspecified atom stereocenters. The molecule has 0 saturated heterocycles. The molecule has 0 aliphatic heterocycles. The van der Waals surface area contributed by atoms with Gasteiger partial charge in [-0.3, -0.25) is 4.79 Å². The quantitative estimate of drug-likeness (QED) is 0.678. The number of benzene rings is 2. The summed E-state index contributed by atoms with van der Waals surface area (Å²) in [5.41, 5.74) is 7.21. The highest BCUT2D eigenvalue weighted by Crippen LogP contribution is 2.20. The van der Waals surface area contributed by atoms with Crippen molar-refractivity contribution in [1.29, 1.82) is 0 Å². The van der Waals surface area contributed by atoms with Crippen LogP contribution in [0.4, 0.5) is 10.1 Å². The maximum atomic E-state index is 13.5. The van der Waals surface area contributed by atoms with E-state index in [0.717, 1.165) is 0 Å². The number of rotatable bonds is 4. The van der Waals surface area contributed by atoms with Gasteiger partial charge in [-0.25, -0.2) is 4.39 Å². The minimum Gasteiger partial charge on any atom is -0.494 e. The number of carbonyl (C=O) groups excluding carboxylic acids is 1. The Hall–Kier alpha value is -2.36. The molecule has 0 saturated carbocycles. The minimum absolute atomic E-state index is 0.106. The van der Waals surface area contributed by atoms with Crippen molar-refractivity contribution in [2.24, 2.45) is 0 Å². The number of anilines is 1. The second kappa shape index (κ2) is 5.52. The second-order valence-corrected chi connectivity index (χ2v) is 4.16. The van der Waals surface area contributed by atoms with E-state index in [0.29, 0.717) is 16.8 Å². The number of ether oxygens (including phenoxy) is 1. The van der Waals surface area contributed by atoms with E-state index >= 15 is 0 Å². The monoisotopic (exact) mass is 259 g/mol. The molecule has 0 atom stereocenters. The van der Waals surface area contributed by atoms with Gasteiger partial charge in [-0.1, -0.05) is 18.2 Å². The van der Waals surface area contributed by atoms with Gasteiger partial charge < -0.3 is 10.5 Å². The van der Waals surface area contributed by atoms with Crippen molar-refractivity contribution in [2.75, 3.05) is 12.8 Å². The molecule has 0 fully saturated rings. The summed E-state index contributed by atoms with van der Waals surface area (Å²) in [7, 11) is 1.40. The highest BCUT2D eigenvalue weighted by molar-refractivity contribution is 6.01. The summed E-state index contributed by atoms with van der Waals surface area (Å²) in [6.45, 7) is 0. The van der Waals surface area contributed by atoms with Crippen molar-refractivity contribution in [3.05, 3.63) is 59.4 Å². The fourth-order valence-corrected chi connectivity index (χ4v) is 1.85. The lowest BCUT2D eigenvalue weighted by Crippen LogP contribution is -2.07. The van der Waals surface area contributed by atoms with Crippen molar-refractivity contribution >= 4 is 11.5 Å². The molecule has 0 spiro atoms. The van der Waals surface area contributed by atoms with Crippen molar-refractivity contribution in [2.45, 2.75) is 6.42 Å². The first kappa shape index (κ1) is 13.1. The zero-order valence-electron chi connectivity index (χ0n) is 10.5. The first-order valence-corrected chi connectivity index (χ1v) is 5.82. The minimum atomic E-state index is -0.478. The van der Waals surface area contributed by atoms with Crippen LogP contribution in [0.3, 0.4) is 0 Å². The molecular formula is C15H14FNO2. The van der Waals surface area contributed by atoms with Gasteiger partial charge in [0.15, 0.2) is 17.3 Å². The lowest BCUT2D eigenvalue weighted by Gasteiger charge is -2.06. The van der Waals surface area contributed by atoms with Gasteiger partial charge in [-0.05, 0) is 29.8 Å². The molecule has 0 heterocycles. The fourth-order valence-electron chi connectivity index (χ4n) is 1.85. The molecule has 2 N–H and O–H groups in total. The number of nitrogens with two attached hydrogens (primary N) is 1. The molecular weight excluding hydrogens is 245 g/mol. The molecule has 98 valence electrons. The van der Waals surface area contributed by atoms with E-state index in [1.807, 2.05) is 0 Å². The summed E-state index contributed by atoms with van der Waals surface area (Å²) in [5, 5.41) is 0. The van der Waals surface area contributed by atoms with Crippen LogP contribution in [-0.4, -0.2) is 12.9 Å². The normalized spacial score (nSPS) is 10.2. The number of nitrogen functional groups attached to an aromatic ring is 1. The van der Waals surface area contributed by atoms with E-state index in [1.165, 1.54) is 19.2 Å².